The first-order valence-electron chi connectivity index (χ1n) is 2.82. The molecular weight excluding hydrogens is 129 g/mol. The zero-order valence-corrected chi connectivity index (χ0v) is 4.83. The van der Waals surface area contributed by atoms with Gasteiger partial charge in [0.1, 0.15) is 0 Å². The van der Waals surface area contributed by atoms with Crippen LogP contribution in [0.4, 0.5) is 13.2 Å². The van der Waals surface area contributed by atoms with Gasteiger partial charge < -0.3 is 0 Å². The maximum atomic E-state index is 11.5. The van der Waals surface area contributed by atoms with E-state index in [-0.39, 0.29) is 0 Å². The summed E-state index contributed by atoms with van der Waals surface area (Å²) in [7, 11) is 0. The normalized spacial score (nSPS) is 18.8. The molecule has 0 saturated carbocycles. The largest absolute Gasteiger partial charge is 0.392 e. The molecule has 0 atom stereocenters. The highest BCUT2D eigenvalue weighted by Gasteiger charge is 2.29. The number of rotatable bonds is 1. The standard InChI is InChI=1S/C6H7F3/c7-6(8,9)4-5-2-1-3-5/h2H,1,3-4H2. The molecule has 0 fully saturated rings. The van der Waals surface area contributed by atoms with Crippen molar-refractivity contribution < 1.29 is 13.2 Å². The summed E-state index contributed by atoms with van der Waals surface area (Å²) in [5, 5.41) is 0. The molecule has 0 amide bonds. The molecule has 0 nitrogen and oxygen atoms in total. The van der Waals surface area contributed by atoms with E-state index in [9.17, 15) is 13.2 Å². The maximum absolute atomic E-state index is 11.5. The molecule has 9 heavy (non-hydrogen) atoms. The lowest BCUT2D eigenvalue weighted by molar-refractivity contribution is -0.128. The van der Waals surface area contributed by atoms with Gasteiger partial charge in [0.25, 0.3) is 0 Å². The van der Waals surface area contributed by atoms with Crippen molar-refractivity contribution >= 4 is 0 Å². The number of halogens is 3. The van der Waals surface area contributed by atoms with Gasteiger partial charge in [-0.3, -0.25) is 0 Å². The minimum absolute atomic E-state index is 0.544. The van der Waals surface area contributed by atoms with E-state index < -0.39 is 12.6 Å². The molecule has 0 unspecified atom stereocenters. The highest BCUT2D eigenvalue weighted by atomic mass is 19.4. The van der Waals surface area contributed by atoms with Crippen LogP contribution in [0.2, 0.25) is 0 Å². The molecule has 0 heterocycles. The molecule has 0 aromatic heterocycles. The second-order valence-electron chi connectivity index (χ2n) is 2.19. The van der Waals surface area contributed by atoms with Crippen molar-refractivity contribution in [3.8, 4) is 0 Å². The van der Waals surface area contributed by atoms with Gasteiger partial charge in [0.05, 0.1) is 6.42 Å². The summed E-state index contributed by atoms with van der Waals surface area (Å²) in [4.78, 5) is 0. The van der Waals surface area contributed by atoms with E-state index in [2.05, 4.69) is 0 Å². The second kappa shape index (κ2) is 2.05. The van der Waals surface area contributed by atoms with Crippen LogP contribution < -0.4 is 0 Å². The van der Waals surface area contributed by atoms with Gasteiger partial charge in [0.2, 0.25) is 0 Å². The van der Waals surface area contributed by atoms with Crippen molar-refractivity contribution in [1.82, 2.24) is 0 Å². The third kappa shape index (κ3) is 2.08. The van der Waals surface area contributed by atoms with Gasteiger partial charge in [-0.2, -0.15) is 13.2 Å². The van der Waals surface area contributed by atoms with Crippen molar-refractivity contribution in [2.45, 2.75) is 25.4 Å². The molecular formula is C6H7F3. The lowest BCUT2D eigenvalue weighted by Gasteiger charge is -2.15. The van der Waals surface area contributed by atoms with Crippen LogP contribution in [0, 0.1) is 0 Å². The molecule has 3 heteroatoms. The molecule has 1 rings (SSSR count). The van der Waals surface area contributed by atoms with Gasteiger partial charge in [-0.15, -0.1) is 0 Å². The molecule has 0 aromatic carbocycles. The molecule has 1 aliphatic carbocycles. The Kier molecular flexibility index (Phi) is 1.51. The molecule has 0 radical (unpaired) electrons. The highest BCUT2D eigenvalue weighted by molar-refractivity contribution is 5.12. The Bertz CT molecular complexity index is 132. The van der Waals surface area contributed by atoms with Crippen molar-refractivity contribution in [1.29, 1.82) is 0 Å². The quantitative estimate of drug-likeness (QED) is 0.486. The monoisotopic (exact) mass is 136 g/mol. The summed E-state index contributed by atoms with van der Waals surface area (Å²) in [6.07, 6.45) is -1.59. The van der Waals surface area contributed by atoms with Crippen molar-refractivity contribution in [2.75, 3.05) is 0 Å². The minimum atomic E-state index is -3.99. The molecule has 0 saturated heterocycles. The zero-order valence-electron chi connectivity index (χ0n) is 4.83. The third-order valence-corrected chi connectivity index (χ3v) is 1.33. The molecule has 0 bridgehead atoms. The van der Waals surface area contributed by atoms with Gasteiger partial charge in [-0.05, 0) is 12.8 Å². The van der Waals surface area contributed by atoms with Gasteiger partial charge in [0.15, 0.2) is 0 Å². The zero-order chi connectivity index (χ0) is 6.91. The van der Waals surface area contributed by atoms with Crippen LogP contribution in [0.25, 0.3) is 0 Å². The Balaban J connectivity index is 2.33. The Morgan fingerprint density at radius 1 is 1.44 bits per heavy atom. The number of allylic oxidation sites excluding steroid dienone is 2. The Morgan fingerprint density at radius 2 is 2.00 bits per heavy atom. The number of alkyl halides is 3. The van der Waals surface area contributed by atoms with Crippen LogP contribution in [0.1, 0.15) is 19.3 Å². The van der Waals surface area contributed by atoms with Gasteiger partial charge in [-0.1, -0.05) is 11.6 Å². The lowest BCUT2D eigenvalue weighted by Crippen LogP contribution is -2.11. The fourth-order valence-electron chi connectivity index (χ4n) is 0.766. The van der Waals surface area contributed by atoms with Crippen LogP contribution in [0.15, 0.2) is 11.6 Å². The first-order valence-corrected chi connectivity index (χ1v) is 2.82. The van der Waals surface area contributed by atoms with Crippen molar-refractivity contribution in [3.63, 3.8) is 0 Å². The van der Waals surface area contributed by atoms with Crippen LogP contribution in [0.5, 0.6) is 0 Å². The summed E-state index contributed by atoms with van der Waals surface area (Å²) in [5.41, 5.74) is 0.544. The molecule has 52 valence electrons. The summed E-state index contributed by atoms with van der Waals surface area (Å²) in [6, 6.07) is 0. The van der Waals surface area contributed by atoms with Crippen LogP contribution in [0.3, 0.4) is 0 Å². The van der Waals surface area contributed by atoms with Gasteiger partial charge in [0, 0.05) is 0 Å². The van der Waals surface area contributed by atoms with E-state index in [1.807, 2.05) is 0 Å². The van der Waals surface area contributed by atoms with Crippen molar-refractivity contribution in [2.24, 2.45) is 0 Å². The maximum Gasteiger partial charge on any atom is 0.392 e. The predicted molar refractivity (Wildman–Crippen MR) is 28.0 cm³/mol. The van der Waals surface area contributed by atoms with Crippen LogP contribution in [-0.2, 0) is 0 Å². The summed E-state index contributed by atoms with van der Waals surface area (Å²) in [6.45, 7) is 0. The molecule has 0 aromatic rings. The Morgan fingerprint density at radius 3 is 2.11 bits per heavy atom. The fourth-order valence-corrected chi connectivity index (χ4v) is 0.766. The minimum Gasteiger partial charge on any atom is -0.171 e. The highest BCUT2D eigenvalue weighted by Crippen LogP contribution is 2.31. The average molecular weight is 136 g/mol. The van der Waals surface area contributed by atoms with E-state index in [4.69, 9.17) is 0 Å². The summed E-state index contributed by atoms with van der Waals surface area (Å²) in [5.74, 6) is 0. The average Bonchev–Trinajstić information content (AvgIpc) is 1.53. The SMILES string of the molecule is FC(F)(F)CC1=CCC1. The Labute approximate surface area is 51.4 Å². The number of hydrogen-bond acceptors (Lipinski definition) is 0. The molecule has 1 aliphatic rings. The second-order valence-corrected chi connectivity index (χ2v) is 2.19. The Hall–Kier alpha value is -0.470. The molecule has 0 aliphatic heterocycles. The fraction of sp³-hybridized carbons (Fsp3) is 0.667. The molecule has 0 N–H and O–H groups in total. The summed E-state index contributed by atoms with van der Waals surface area (Å²) < 4.78 is 34.5. The van der Waals surface area contributed by atoms with Gasteiger partial charge in [-0.25, -0.2) is 0 Å². The predicted octanol–water partition coefficient (Wildman–Crippen LogP) is 2.66. The van der Waals surface area contributed by atoms with E-state index >= 15 is 0 Å². The van der Waals surface area contributed by atoms with Crippen molar-refractivity contribution in [3.05, 3.63) is 11.6 Å². The summed E-state index contributed by atoms with van der Waals surface area (Å²) >= 11 is 0. The van der Waals surface area contributed by atoms with E-state index in [0.29, 0.717) is 12.0 Å². The van der Waals surface area contributed by atoms with Crippen LogP contribution >= 0.6 is 0 Å². The first kappa shape index (κ1) is 6.65. The van der Waals surface area contributed by atoms with E-state index in [1.165, 1.54) is 0 Å². The molecule has 0 spiro atoms. The van der Waals surface area contributed by atoms with Gasteiger partial charge >= 0.3 is 6.18 Å². The van der Waals surface area contributed by atoms with E-state index in [1.54, 1.807) is 6.08 Å². The topological polar surface area (TPSA) is 0 Å². The lowest BCUT2D eigenvalue weighted by atomic mass is 9.96. The number of hydrogen-bond donors (Lipinski definition) is 0. The first-order chi connectivity index (χ1) is 4.08. The third-order valence-electron chi connectivity index (χ3n) is 1.33. The smallest absolute Gasteiger partial charge is 0.171 e. The van der Waals surface area contributed by atoms with E-state index in [0.717, 1.165) is 6.42 Å². The van der Waals surface area contributed by atoms with Crippen LogP contribution in [-0.4, -0.2) is 6.18 Å².